The van der Waals surface area contributed by atoms with E-state index in [1.165, 1.54) is 0 Å². The highest BCUT2D eigenvalue weighted by atomic mass is 16.5. The SMILES string of the molecule is CCCOC(=O)CCc1ccc(-c2ccccc2)c(N)c1. The molecule has 0 bridgehead atoms. The number of hydrogen-bond acceptors (Lipinski definition) is 3. The Morgan fingerprint density at radius 2 is 1.90 bits per heavy atom. The summed E-state index contributed by atoms with van der Waals surface area (Å²) < 4.78 is 5.07. The number of nitrogen functional groups attached to an aromatic ring is 1. The zero-order chi connectivity index (χ0) is 15.1. The maximum absolute atomic E-state index is 11.5. The molecule has 0 atom stereocenters. The average Bonchev–Trinajstić information content (AvgIpc) is 2.52. The molecule has 2 aromatic carbocycles. The van der Waals surface area contributed by atoms with Gasteiger partial charge in [-0.1, -0.05) is 49.4 Å². The summed E-state index contributed by atoms with van der Waals surface area (Å²) in [6.07, 6.45) is 1.90. The van der Waals surface area contributed by atoms with Gasteiger partial charge in [-0.05, 0) is 30.0 Å². The van der Waals surface area contributed by atoms with Gasteiger partial charge in [0.15, 0.2) is 0 Å². The minimum absolute atomic E-state index is 0.150. The number of aryl methyl sites for hydroxylation is 1. The normalized spacial score (nSPS) is 10.3. The lowest BCUT2D eigenvalue weighted by Crippen LogP contribution is -2.06. The molecule has 0 heterocycles. The van der Waals surface area contributed by atoms with E-state index in [1.807, 2.05) is 55.5 Å². The van der Waals surface area contributed by atoms with Crippen molar-refractivity contribution in [1.82, 2.24) is 0 Å². The molecule has 0 aliphatic rings. The Morgan fingerprint density at radius 3 is 2.57 bits per heavy atom. The first-order valence-electron chi connectivity index (χ1n) is 7.30. The molecule has 0 saturated carbocycles. The summed E-state index contributed by atoms with van der Waals surface area (Å²) in [5, 5.41) is 0. The van der Waals surface area contributed by atoms with Crippen molar-refractivity contribution in [2.24, 2.45) is 0 Å². The summed E-state index contributed by atoms with van der Waals surface area (Å²) in [7, 11) is 0. The number of esters is 1. The Kier molecular flexibility index (Phi) is 5.38. The molecule has 0 aromatic heterocycles. The third-order valence-electron chi connectivity index (χ3n) is 3.29. The number of rotatable bonds is 6. The Hall–Kier alpha value is -2.29. The first-order valence-corrected chi connectivity index (χ1v) is 7.30. The molecule has 0 radical (unpaired) electrons. The van der Waals surface area contributed by atoms with E-state index in [2.05, 4.69) is 0 Å². The van der Waals surface area contributed by atoms with Gasteiger partial charge in [0, 0.05) is 17.7 Å². The van der Waals surface area contributed by atoms with Crippen molar-refractivity contribution in [2.75, 3.05) is 12.3 Å². The van der Waals surface area contributed by atoms with Gasteiger partial charge in [0.25, 0.3) is 0 Å². The molecule has 3 nitrogen and oxygen atoms in total. The molecule has 110 valence electrons. The number of carbonyl (C=O) groups excluding carboxylic acids is 1. The lowest BCUT2D eigenvalue weighted by atomic mass is 10.00. The molecule has 0 fully saturated rings. The molecule has 0 amide bonds. The quantitative estimate of drug-likeness (QED) is 0.647. The Balaban J connectivity index is 2.01. The molecule has 21 heavy (non-hydrogen) atoms. The second-order valence-electron chi connectivity index (χ2n) is 5.01. The van der Waals surface area contributed by atoms with Gasteiger partial charge in [-0.25, -0.2) is 0 Å². The van der Waals surface area contributed by atoms with Gasteiger partial charge in [0.2, 0.25) is 0 Å². The van der Waals surface area contributed by atoms with Crippen LogP contribution in [0.4, 0.5) is 5.69 Å². The van der Waals surface area contributed by atoms with Crippen molar-refractivity contribution in [3.8, 4) is 11.1 Å². The molecule has 2 N–H and O–H groups in total. The molecule has 3 heteroatoms. The van der Waals surface area contributed by atoms with Crippen LogP contribution in [0.25, 0.3) is 11.1 Å². The van der Waals surface area contributed by atoms with Crippen LogP contribution in [0.15, 0.2) is 48.5 Å². The second kappa shape index (κ2) is 7.48. The summed E-state index contributed by atoms with van der Waals surface area (Å²) in [5.74, 6) is -0.150. The maximum atomic E-state index is 11.5. The summed E-state index contributed by atoms with van der Waals surface area (Å²) in [4.78, 5) is 11.5. The minimum atomic E-state index is -0.150. The lowest BCUT2D eigenvalue weighted by molar-refractivity contribution is -0.143. The van der Waals surface area contributed by atoms with Gasteiger partial charge in [-0.2, -0.15) is 0 Å². The lowest BCUT2D eigenvalue weighted by Gasteiger charge is -2.09. The molecule has 0 aliphatic carbocycles. The smallest absolute Gasteiger partial charge is 0.306 e. The third-order valence-corrected chi connectivity index (χ3v) is 3.29. The van der Waals surface area contributed by atoms with Gasteiger partial charge < -0.3 is 10.5 Å². The number of carbonyl (C=O) groups is 1. The highest BCUT2D eigenvalue weighted by Gasteiger charge is 2.06. The third kappa shape index (κ3) is 4.35. The molecule has 0 saturated heterocycles. The highest BCUT2D eigenvalue weighted by Crippen LogP contribution is 2.26. The summed E-state index contributed by atoms with van der Waals surface area (Å²) in [6, 6.07) is 16.0. The first kappa shape index (κ1) is 15.1. The fraction of sp³-hybridized carbons (Fsp3) is 0.278. The Labute approximate surface area is 125 Å². The second-order valence-corrected chi connectivity index (χ2v) is 5.01. The predicted molar refractivity (Wildman–Crippen MR) is 85.9 cm³/mol. The number of benzene rings is 2. The highest BCUT2D eigenvalue weighted by molar-refractivity contribution is 5.77. The molecule has 2 rings (SSSR count). The van der Waals surface area contributed by atoms with Crippen molar-refractivity contribution >= 4 is 11.7 Å². The van der Waals surface area contributed by atoms with Crippen LogP contribution >= 0.6 is 0 Å². The van der Waals surface area contributed by atoms with E-state index in [1.54, 1.807) is 0 Å². The zero-order valence-electron chi connectivity index (χ0n) is 12.3. The van der Waals surface area contributed by atoms with Gasteiger partial charge >= 0.3 is 5.97 Å². The average molecular weight is 283 g/mol. The molecule has 0 aliphatic heterocycles. The minimum Gasteiger partial charge on any atom is -0.466 e. The summed E-state index contributed by atoms with van der Waals surface area (Å²) >= 11 is 0. The van der Waals surface area contributed by atoms with Gasteiger partial charge in [0.05, 0.1) is 6.61 Å². The van der Waals surface area contributed by atoms with Crippen molar-refractivity contribution in [3.63, 3.8) is 0 Å². The summed E-state index contributed by atoms with van der Waals surface area (Å²) in [5.41, 5.74) is 10.0. The predicted octanol–water partition coefficient (Wildman–Crippen LogP) is 3.82. The molecular formula is C18H21NO2. The van der Waals surface area contributed by atoms with Crippen molar-refractivity contribution in [1.29, 1.82) is 0 Å². The van der Waals surface area contributed by atoms with Crippen LogP contribution in [0, 0.1) is 0 Å². The van der Waals surface area contributed by atoms with Gasteiger partial charge in [-0.15, -0.1) is 0 Å². The van der Waals surface area contributed by atoms with Crippen molar-refractivity contribution in [2.45, 2.75) is 26.2 Å². The number of ether oxygens (including phenoxy) is 1. The van der Waals surface area contributed by atoms with E-state index in [4.69, 9.17) is 10.5 Å². The van der Waals surface area contributed by atoms with Crippen LogP contribution in [0.3, 0.4) is 0 Å². The van der Waals surface area contributed by atoms with E-state index in [0.717, 1.165) is 28.8 Å². The van der Waals surface area contributed by atoms with E-state index >= 15 is 0 Å². The van der Waals surface area contributed by atoms with Crippen molar-refractivity contribution < 1.29 is 9.53 Å². The van der Waals surface area contributed by atoms with E-state index in [0.29, 0.717) is 19.4 Å². The molecule has 2 aromatic rings. The molecule has 0 spiro atoms. The van der Waals surface area contributed by atoms with Crippen LogP contribution in [0.5, 0.6) is 0 Å². The standard InChI is InChI=1S/C18H21NO2/c1-2-12-21-18(20)11-9-14-8-10-16(17(19)13-14)15-6-4-3-5-7-15/h3-8,10,13H,2,9,11-12,19H2,1H3. The van der Waals surface area contributed by atoms with Crippen LogP contribution < -0.4 is 5.73 Å². The van der Waals surface area contributed by atoms with Crippen LogP contribution in [0.1, 0.15) is 25.3 Å². The summed E-state index contributed by atoms with van der Waals surface area (Å²) in [6.45, 7) is 2.48. The molecular weight excluding hydrogens is 262 g/mol. The van der Waals surface area contributed by atoms with E-state index in [-0.39, 0.29) is 5.97 Å². The van der Waals surface area contributed by atoms with Crippen molar-refractivity contribution in [3.05, 3.63) is 54.1 Å². The number of nitrogens with two attached hydrogens (primary N) is 1. The van der Waals surface area contributed by atoms with E-state index in [9.17, 15) is 4.79 Å². The van der Waals surface area contributed by atoms with Crippen LogP contribution in [-0.4, -0.2) is 12.6 Å². The van der Waals surface area contributed by atoms with Crippen LogP contribution in [-0.2, 0) is 16.0 Å². The first-order chi connectivity index (χ1) is 10.2. The van der Waals surface area contributed by atoms with E-state index < -0.39 is 0 Å². The number of hydrogen-bond donors (Lipinski definition) is 1. The van der Waals surface area contributed by atoms with Gasteiger partial charge in [-0.3, -0.25) is 4.79 Å². The maximum Gasteiger partial charge on any atom is 0.306 e. The Bertz CT molecular complexity index is 593. The zero-order valence-corrected chi connectivity index (χ0v) is 12.3. The monoisotopic (exact) mass is 283 g/mol. The van der Waals surface area contributed by atoms with Gasteiger partial charge in [0.1, 0.15) is 0 Å². The largest absolute Gasteiger partial charge is 0.466 e. The fourth-order valence-electron chi connectivity index (χ4n) is 2.18. The molecule has 0 unspecified atom stereocenters. The Morgan fingerprint density at radius 1 is 1.14 bits per heavy atom. The fourth-order valence-corrected chi connectivity index (χ4v) is 2.18. The topological polar surface area (TPSA) is 52.3 Å². The van der Waals surface area contributed by atoms with Crippen LogP contribution in [0.2, 0.25) is 0 Å². The number of anilines is 1.